The predicted octanol–water partition coefficient (Wildman–Crippen LogP) is 6.68. The van der Waals surface area contributed by atoms with E-state index in [2.05, 4.69) is 5.32 Å². The van der Waals surface area contributed by atoms with E-state index >= 15 is 0 Å². The van der Waals surface area contributed by atoms with Crippen LogP contribution in [0.1, 0.15) is 59.4 Å². The van der Waals surface area contributed by atoms with Gasteiger partial charge in [0.05, 0.1) is 0 Å². The van der Waals surface area contributed by atoms with Crippen LogP contribution in [0.5, 0.6) is 0 Å². The molecule has 0 spiro atoms. The monoisotopic (exact) mass is 733 g/mol. The molecule has 3 aliphatic heterocycles. The molecule has 0 bridgehead atoms. The van der Waals surface area contributed by atoms with Crippen molar-refractivity contribution in [2.24, 2.45) is 0 Å². The number of piperidine rings is 3. The number of hydrogen-bond donors (Lipinski definition) is 3. The van der Waals surface area contributed by atoms with Crippen molar-refractivity contribution in [3.05, 3.63) is 117 Å². The number of thiophene rings is 2. The molecule has 2 amide bonds. The Balaban J connectivity index is 0.000000155. The van der Waals surface area contributed by atoms with Gasteiger partial charge in [-0.15, -0.1) is 22.7 Å². The third-order valence-electron chi connectivity index (χ3n) is 9.23. The Bertz CT molecular complexity index is 1610. The number of Topliss-reactive ketones (excluding diaryl/α,β-unsaturated/α-hetero) is 1. The lowest BCUT2D eigenvalue weighted by Gasteiger charge is -2.37. The molecular formula is C39H47N3O7S2. The summed E-state index contributed by atoms with van der Waals surface area (Å²) >= 11 is 3.21. The van der Waals surface area contributed by atoms with Gasteiger partial charge in [0.15, 0.2) is 0 Å². The lowest BCUT2D eigenvalue weighted by atomic mass is 9.90. The maximum absolute atomic E-state index is 12.1. The molecule has 272 valence electrons. The Morgan fingerprint density at radius 2 is 1.06 bits per heavy atom. The number of nitrogens with zero attached hydrogens (tertiary/aromatic N) is 2. The van der Waals surface area contributed by atoms with Gasteiger partial charge in [0.25, 0.3) is 0 Å². The van der Waals surface area contributed by atoms with E-state index in [1.807, 2.05) is 95.7 Å². The number of ketones is 1. The topological polar surface area (TPSA) is 129 Å². The van der Waals surface area contributed by atoms with Crippen molar-refractivity contribution in [3.8, 4) is 0 Å². The average molecular weight is 734 g/mol. The van der Waals surface area contributed by atoms with Crippen LogP contribution in [0.4, 0.5) is 9.59 Å². The quantitative estimate of drug-likeness (QED) is 0.201. The summed E-state index contributed by atoms with van der Waals surface area (Å²) in [4.78, 5) is 40.1. The molecule has 0 atom stereocenters. The first-order valence-electron chi connectivity index (χ1n) is 17.4. The lowest BCUT2D eigenvalue weighted by Crippen LogP contribution is -2.45. The summed E-state index contributed by atoms with van der Waals surface area (Å²) in [5.74, 6) is 0.220. The average Bonchev–Trinajstić information content (AvgIpc) is 3.92. The molecule has 0 unspecified atom stereocenters. The number of rotatable bonds is 6. The molecule has 12 heteroatoms. The summed E-state index contributed by atoms with van der Waals surface area (Å²) in [5.41, 5.74) is 0.598. The Labute approximate surface area is 307 Å². The molecule has 51 heavy (non-hydrogen) atoms. The van der Waals surface area contributed by atoms with Crippen molar-refractivity contribution >= 4 is 40.6 Å². The Morgan fingerprint density at radius 1 is 0.627 bits per heavy atom. The van der Waals surface area contributed by atoms with E-state index in [0.29, 0.717) is 51.9 Å². The van der Waals surface area contributed by atoms with Crippen molar-refractivity contribution in [1.82, 2.24) is 15.1 Å². The number of amides is 2. The molecular weight excluding hydrogens is 687 g/mol. The molecule has 4 aromatic rings. The molecule has 0 radical (unpaired) electrons. The van der Waals surface area contributed by atoms with E-state index in [1.165, 1.54) is 0 Å². The minimum absolute atomic E-state index is 0.220. The van der Waals surface area contributed by atoms with Crippen LogP contribution in [0, 0.1) is 0 Å². The zero-order valence-corrected chi connectivity index (χ0v) is 30.4. The van der Waals surface area contributed by atoms with E-state index in [1.54, 1.807) is 32.5 Å². The molecule has 2 aromatic heterocycles. The molecule has 7 rings (SSSR count). The first-order valence-corrected chi connectivity index (χ1v) is 19.2. The molecule has 3 N–H and O–H groups in total. The number of ether oxygens (including phenoxy) is 2. The van der Waals surface area contributed by atoms with Gasteiger partial charge in [-0.25, -0.2) is 9.59 Å². The van der Waals surface area contributed by atoms with Crippen LogP contribution in [0.2, 0.25) is 0 Å². The first-order chi connectivity index (χ1) is 24.7. The SMILES string of the molecule is O=C(OCc1ccccc1)N1CCC(O)(c2cccs2)CC1.O=C1CCN(C(=O)OCc2ccccc2)CC1.OC1(c2cccs2)CCNCC1. The number of carbonyl (C=O) groups excluding carboxylic acids is 3. The fraction of sp³-hybridized carbons (Fsp3) is 0.410. The standard InChI is InChI=1S/C17H19NO3S.C13H15NO3.C9H13NOS/c19-16(21-13-14-5-2-1-3-6-14)18-10-8-17(20,9-11-18)15-7-4-12-22-15;15-12-6-8-14(9-7-12)13(16)17-10-11-4-2-1-3-5-11;11-9(3-5-10-6-4-9)8-2-1-7-12-8/h1-7,12,20H,8-11,13H2;1-5H,6-10H2;1-2,7,10-11H,3-6H2. The molecule has 2 aromatic carbocycles. The normalized spacial score (nSPS) is 18.0. The van der Waals surface area contributed by atoms with E-state index < -0.39 is 11.2 Å². The van der Waals surface area contributed by atoms with Crippen LogP contribution in [0.3, 0.4) is 0 Å². The van der Waals surface area contributed by atoms with E-state index in [4.69, 9.17) is 9.47 Å². The van der Waals surface area contributed by atoms with E-state index in [9.17, 15) is 24.6 Å². The van der Waals surface area contributed by atoms with Gasteiger partial charge in [-0.1, -0.05) is 72.8 Å². The fourth-order valence-corrected chi connectivity index (χ4v) is 7.81. The summed E-state index contributed by atoms with van der Waals surface area (Å²) in [7, 11) is 0. The van der Waals surface area contributed by atoms with Crippen LogP contribution >= 0.6 is 22.7 Å². The third kappa shape index (κ3) is 11.5. The highest BCUT2D eigenvalue weighted by molar-refractivity contribution is 7.10. The van der Waals surface area contributed by atoms with E-state index in [0.717, 1.165) is 46.8 Å². The van der Waals surface area contributed by atoms with Gasteiger partial charge in [-0.05, 0) is 72.8 Å². The van der Waals surface area contributed by atoms with Gasteiger partial charge in [0.2, 0.25) is 0 Å². The first kappa shape index (κ1) is 38.2. The van der Waals surface area contributed by atoms with Crippen molar-refractivity contribution in [2.45, 2.75) is 62.9 Å². The predicted molar refractivity (Wildman–Crippen MR) is 198 cm³/mol. The van der Waals surface area contributed by atoms with Gasteiger partial charge in [-0.2, -0.15) is 0 Å². The molecule has 10 nitrogen and oxygen atoms in total. The van der Waals surface area contributed by atoms with Gasteiger partial charge >= 0.3 is 12.2 Å². The molecule has 3 fully saturated rings. The van der Waals surface area contributed by atoms with Crippen LogP contribution in [0.15, 0.2) is 95.7 Å². The van der Waals surface area contributed by atoms with Crippen LogP contribution in [0.25, 0.3) is 0 Å². The minimum Gasteiger partial charge on any atom is -0.445 e. The zero-order valence-electron chi connectivity index (χ0n) is 28.8. The van der Waals surface area contributed by atoms with Crippen molar-refractivity contribution in [2.75, 3.05) is 39.3 Å². The highest BCUT2D eigenvalue weighted by Crippen LogP contribution is 2.36. The number of carbonyl (C=O) groups is 3. The number of aliphatic hydroxyl groups is 2. The van der Waals surface area contributed by atoms with Crippen LogP contribution in [-0.4, -0.2) is 77.3 Å². The summed E-state index contributed by atoms with van der Waals surface area (Å²) < 4.78 is 10.5. The van der Waals surface area contributed by atoms with Crippen molar-refractivity contribution in [1.29, 1.82) is 0 Å². The van der Waals surface area contributed by atoms with Gasteiger partial charge in [0, 0.05) is 48.8 Å². The minimum atomic E-state index is -0.801. The van der Waals surface area contributed by atoms with E-state index in [-0.39, 0.29) is 31.2 Å². The molecule has 3 saturated heterocycles. The Hall–Kier alpha value is -4.07. The smallest absolute Gasteiger partial charge is 0.410 e. The second-order valence-electron chi connectivity index (χ2n) is 12.9. The molecule has 0 aliphatic carbocycles. The van der Waals surface area contributed by atoms with Crippen LogP contribution < -0.4 is 5.32 Å². The van der Waals surface area contributed by atoms with Crippen LogP contribution in [-0.2, 0) is 38.7 Å². The Kier molecular flexibility index (Phi) is 14.2. The molecule has 5 heterocycles. The highest BCUT2D eigenvalue weighted by atomic mass is 32.1. The maximum Gasteiger partial charge on any atom is 0.410 e. The summed E-state index contributed by atoms with van der Waals surface area (Å²) in [6.45, 7) is 4.40. The molecule has 0 saturated carbocycles. The second-order valence-corrected chi connectivity index (χ2v) is 14.8. The van der Waals surface area contributed by atoms with Gasteiger partial charge in [0.1, 0.15) is 30.2 Å². The second kappa shape index (κ2) is 19.0. The number of likely N-dealkylation sites (tertiary alicyclic amines) is 2. The number of hydrogen-bond acceptors (Lipinski definition) is 10. The van der Waals surface area contributed by atoms with Gasteiger partial charge in [-0.3, -0.25) is 4.79 Å². The molecule has 3 aliphatic rings. The lowest BCUT2D eigenvalue weighted by molar-refractivity contribution is -0.121. The number of nitrogens with one attached hydrogen (secondary N) is 1. The summed E-state index contributed by atoms with van der Waals surface area (Å²) in [6, 6.07) is 27.1. The van der Waals surface area contributed by atoms with Gasteiger partial charge < -0.3 is 34.8 Å². The third-order valence-corrected chi connectivity index (χ3v) is 11.4. The summed E-state index contributed by atoms with van der Waals surface area (Å²) in [6.07, 6.45) is 3.03. The van der Waals surface area contributed by atoms with Crippen molar-refractivity contribution in [3.63, 3.8) is 0 Å². The maximum atomic E-state index is 12.1. The largest absolute Gasteiger partial charge is 0.445 e. The summed E-state index contributed by atoms with van der Waals surface area (Å²) in [5, 5.41) is 28.1. The Morgan fingerprint density at radius 3 is 1.49 bits per heavy atom. The van der Waals surface area contributed by atoms with Crippen molar-refractivity contribution < 1.29 is 34.1 Å². The zero-order chi connectivity index (χ0) is 35.9. The highest BCUT2D eigenvalue weighted by Gasteiger charge is 2.36. The number of benzene rings is 2. The fourth-order valence-electron chi connectivity index (χ4n) is 6.04.